The number of ether oxygens (including phenoxy) is 1. The van der Waals surface area contributed by atoms with Gasteiger partial charge in [0.15, 0.2) is 5.69 Å². The number of carbonyl (C=O) groups is 1. The summed E-state index contributed by atoms with van der Waals surface area (Å²) in [5, 5.41) is 11.6. The molecule has 26 heavy (non-hydrogen) atoms. The Labute approximate surface area is 150 Å². The standard InChI is InChI=1S/C21H18N2O3/c1-3-26-21(24)19-18-15-6-4-5-7-17(15)23(25)20(16(18)12-22-19)14-10-8-13(2)9-11-14/h4-12,25H,3H2,1-2H3. The maximum absolute atomic E-state index is 12.4. The molecule has 0 aliphatic carbocycles. The molecule has 130 valence electrons. The highest BCUT2D eigenvalue weighted by Crippen LogP contribution is 2.41. The fraction of sp³-hybridized carbons (Fsp3) is 0.143. The molecule has 0 fully saturated rings. The highest BCUT2D eigenvalue weighted by Gasteiger charge is 2.27. The van der Waals surface area contributed by atoms with Crippen molar-refractivity contribution in [2.75, 3.05) is 6.61 Å². The number of carbonyl (C=O) groups excluding carboxylic acids is 1. The van der Waals surface area contributed by atoms with E-state index >= 15 is 0 Å². The van der Waals surface area contributed by atoms with Crippen molar-refractivity contribution in [3.63, 3.8) is 0 Å². The van der Waals surface area contributed by atoms with Crippen molar-refractivity contribution in [1.29, 1.82) is 0 Å². The molecule has 0 unspecified atom stereocenters. The number of aryl methyl sites for hydroxylation is 1. The number of rotatable bonds is 3. The minimum absolute atomic E-state index is 0.270. The number of para-hydroxylation sites is 1. The van der Waals surface area contributed by atoms with Crippen molar-refractivity contribution in [2.45, 2.75) is 13.8 Å². The fourth-order valence-corrected chi connectivity index (χ4v) is 3.29. The van der Waals surface area contributed by atoms with Crippen molar-refractivity contribution in [1.82, 2.24) is 9.71 Å². The summed E-state index contributed by atoms with van der Waals surface area (Å²) in [6.45, 7) is 4.05. The van der Waals surface area contributed by atoms with E-state index in [4.69, 9.17) is 4.74 Å². The van der Waals surface area contributed by atoms with Crippen LogP contribution in [0.15, 0.2) is 54.7 Å². The van der Waals surface area contributed by atoms with Gasteiger partial charge in [0.25, 0.3) is 0 Å². The quantitative estimate of drug-likeness (QED) is 0.437. The summed E-state index contributed by atoms with van der Waals surface area (Å²) in [6, 6.07) is 15.3. The molecule has 2 aliphatic rings. The third-order valence-electron chi connectivity index (χ3n) is 4.49. The molecule has 0 atom stereocenters. The molecule has 5 heteroatoms. The fourth-order valence-electron chi connectivity index (χ4n) is 3.29. The van der Waals surface area contributed by atoms with Gasteiger partial charge in [-0.3, -0.25) is 0 Å². The summed E-state index contributed by atoms with van der Waals surface area (Å²) in [6.07, 6.45) is 1.62. The van der Waals surface area contributed by atoms with Crippen LogP contribution in [0.2, 0.25) is 0 Å². The van der Waals surface area contributed by atoms with Crippen LogP contribution in [0.4, 0.5) is 0 Å². The molecule has 2 aromatic rings. The minimum atomic E-state index is -0.460. The summed E-state index contributed by atoms with van der Waals surface area (Å²) >= 11 is 0. The van der Waals surface area contributed by atoms with E-state index < -0.39 is 5.97 Å². The number of hydrogen-bond acceptors (Lipinski definition) is 4. The zero-order chi connectivity index (χ0) is 18.3. The van der Waals surface area contributed by atoms with E-state index in [0.29, 0.717) is 22.3 Å². The van der Waals surface area contributed by atoms with Gasteiger partial charge in [0.05, 0.1) is 17.8 Å². The van der Waals surface area contributed by atoms with Gasteiger partial charge in [-0.1, -0.05) is 48.0 Å². The molecular weight excluding hydrogens is 328 g/mol. The molecule has 2 heterocycles. The van der Waals surface area contributed by atoms with Gasteiger partial charge >= 0.3 is 5.97 Å². The smallest absolute Gasteiger partial charge is 0.357 e. The lowest BCUT2D eigenvalue weighted by atomic mass is 9.95. The number of nitrogens with zero attached hydrogens (tertiary/aromatic N) is 2. The molecule has 0 radical (unpaired) electrons. The average Bonchev–Trinajstić information content (AvgIpc) is 3.08. The Morgan fingerprint density at radius 1 is 1.15 bits per heavy atom. The first-order chi connectivity index (χ1) is 12.6. The number of esters is 1. The van der Waals surface area contributed by atoms with E-state index in [1.165, 1.54) is 4.73 Å². The minimum Gasteiger partial charge on any atom is -0.461 e. The highest BCUT2D eigenvalue weighted by molar-refractivity contribution is 6.09. The molecule has 0 saturated heterocycles. The predicted molar refractivity (Wildman–Crippen MR) is 99.7 cm³/mol. The third kappa shape index (κ3) is 2.40. The van der Waals surface area contributed by atoms with Gasteiger partial charge in [0.2, 0.25) is 0 Å². The summed E-state index contributed by atoms with van der Waals surface area (Å²) < 4.78 is 6.33. The number of benzene rings is 2. The molecule has 4 rings (SSSR count). The van der Waals surface area contributed by atoms with Crippen molar-refractivity contribution < 1.29 is 14.7 Å². The van der Waals surface area contributed by atoms with Crippen LogP contribution in [0.3, 0.4) is 0 Å². The molecule has 0 spiro atoms. The molecule has 2 aliphatic heterocycles. The average molecular weight is 346 g/mol. The number of fused-ring (bicyclic) bond motifs is 3. The molecule has 2 aromatic carbocycles. The van der Waals surface area contributed by atoms with Gasteiger partial charge in [-0.25, -0.2) is 9.78 Å². The van der Waals surface area contributed by atoms with Gasteiger partial charge in [-0.05, 0) is 19.9 Å². The van der Waals surface area contributed by atoms with Crippen LogP contribution in [0.25, 0.3) is 33.3 Å². The van der Waals surface area contributed by atoms with Crippen LogP contribution in [0.5, 0.6) is 0 Å². The Bertz CT molecular complexity index is 1080. The zero-order valence-electron chi connectivity index (χ0n) is 14.6. The number of hydrogen-bond donors (Lipinski definition) is 1. The maximum atomic E-state index is 12.4. The maximum Gasteiger partial charge on any atom is 0.357 e. The van der Waals surface area contributed by atoms with E-state index in [2.05, 4.69) is 4.98 Å². The van der Waals surface area contributed by atoms with E-state index in [1.807, 2.05) is 55.5 Å². The highest BCUT2D eigenvalue weighted by atomic mass is 16.5. The van der Waals surface area contributed by atoms with Gasteiger partial charge in [-0.15, -0.1) is 0 Å². The van der Waals surface area contributed by atoms with Gasteiger partial charge in [0.1, 0.15) is 0 Å². The lowest BCUT2D eigenvalue weighted by Crippen LogP contribution is -2.08. The van der Waals surface area contributed by atoms with Gasteiger partial charge in [0, 0.05) is 28.3 Å². The van der Waals surface area contributed by atoms with Crippen LogP contribution in [0.1, 0.15) is 23.0 Å². The van der Waals surface area contributed by atoms with Crippen molar-refractivity contribution >= 4 is 16.9 Å². The van der Waals surface area contributed by atoms with Crippen LogP contribution in [0, 0.1) is 6.92 Å². The van der Waals surface area contributed by atoms with Crippen LogP contribution < -0.4 is 0 Å². The van der Waals surface area contributed by atoms with Crippen LogP contribution >= 0.6 is 0 Å². The summed E-state index contributed by atoms with van der Waals surface area (Å²) in [5.74, 6) is -0.460. The lowest BCUT2D eigenvalue weighted by Gasteiger charge is -2.17. The zero-order valence-corrected chi connectivity index (χ0v) is 14.6. The predicted octanol–water partition coefficient (Wildman–Crippen LogP) is 4.53. The van der Waals surface area contributed by atoms with Crippen LogP contribution in [-0.2, 0) is 4.74 Å². The Kier molecular flexibility index (Phi) is 3.84. The van der Waals surface area contributed by atoms with E-state index in [-0.39, 0.29) is 12.3 Å². The van der Waals surface area contributed by atoms with Crippen LogP contribution in [-0.4, -0.2) is 27.5 Å². The van der Waals surface area contributed by atoms with Crippen molar-refractivity contribution in [3.05, 3.63) is 66.0 Å². The summed E-state index contributed by atoms with van der Waals surface area (Å²) in [7, 11) is 0. The molecule has 0 saturated carbocycles. The van der Waals surface area contributed by atoms with E-state index in [9.17, 15) is 10.0 Å². The first kappa shape index (κ1) is 16.1. The monoisotopic (exact) mass is 346 g/mol. The van der Waals surface area contributed by atoms with Gasteiger partial charge < -0.3 is 9.94 Å². The lowest BCUT2D eigenvalue weighted by molar-refractivity contribution is 0.0521. The Morgan fingerprint density at radius 2 is 1.88 bits per heavy atom. The van der Waals surface area contributed by atoms with Gasteiger partial charge in [-0.2, -0.15) is 4.73 Å². The second-order valence-corrected chi connectivity index (χ2v) is 6.16. The molecule has 0 bridgehead atoms. The Balaban J connectivity index is 2.08. The normalized spacial score (nSPS) is 11.2. The second-order valence-electron chi connectivity index (χ2n) is 6.16. The summed E-state index contributed by atoms with van der Waals surface area (Å²) in [4.78, 5) is 16.7. The topological polar surface area (TPSA) is 64.3 Å². The first-order valence-corrected chi connectivity index (χ1v) is 8.47. The molecular formula is C21H18N2O3. The SMILES string of the molecule is CCOC(=O)c1ncc2c(-c3ccc(C)cc3)n(O)c3ccccc3c1-2. The molecule has 1 N–H and O–H groups in total. The molecule has 0 aromatic heterocycles. The summed E-state index contributed by atoms with van der Waals surface area (Å²) in [5.41, 5.74) is 4.85. The van der Waals surface area contributed by atoms with Crippen molar-refractivity contribution in [3.8, 4) is 22.4 Å². The molecule has 0 amide bonds. The van der Waals surface area contributed by atoms with Crippen molar-refractivity contribution in [2.24, 2.45) is 0 Å². The first-order valence-electron chi connectivity index (χ1n) is 8.47. The Morgan fingerprint density at radius 3 is 2.62 bits per heavy atom. The van der Waals surface area contributed by atoms with E-state index in [0.717, 1.165) is 16.5 Å². The second kappa shape index (κ2) is 6.19. The van der Waals surface area contributed by atoms with E-state index in [1.54, 1.807) is 13.1 Å². The largest absolute Gasteiger partial charge is 0.461 e. The number of pyridine rings is 1. The molecule has 5 nitrogen and oxygen atoms in total. The Hall–Kier alpha value is -3.34. The number of aromatic nitrogens is 2. The third-order valence-corrected chi connectivity index (χ3v) is 4.49.